The lowest BCUT2D eigenvalue weighted by atomic mass is 10.2. The average molecular weight is 443 g/mol. The molecule has 1 aromatic heterocycles. The summed E-state index contributed by atoms with van der Waals surface area (Å²) in [5, 5.41) is 1.03. The first-order chi connectivity index (χ1) is 9.47. The summed E-state index contributed by atoms with van der Waals surface area (Å²) < 4.78 is 1.44. The third kappa shape index (κ3) is 3.99. The Kier molecular flexibility index (Phi) is 5.51. The van der Waals surface area contributed by atoms with Crippen molar-refractivity contribution < 1.29 is 9.63 Å². The Morgan fingerprint density at radius 2 is 2.05 bits per heavy atom. The number of aromatic nitrogens is 1. The van der Waals surface area contributed by atoms with Gasteiger partial charge in [0.1, 0.15) is 12.3 Å². The maximum absolute atomic E-state index is 11.8. The Balaban J connectivity index is 1.91. The van der Waals surface area contributed by atoms with Gasteiger partial charge in [0.2, 0.25) is 0 Å². The number of rotatable bonds is 4. The summed E-state index contributed by atoms with van der Waals surface area (Å²) in [6.07, 6.45) is 0. The number of carbonyl (C=O) groups is 1. The SMILES string of the molecule is O=C(NOCc1ccc(Cl)cc1Cl)c1cc(Br)c(Br)[nH]1. The molecule has 1 aromatic carbocycles. The van der Waals surface area contributed by atoms with Crippen LogP contribution in [0, 0.1) is 0 Å². The highest BCUT2D eigenvalue weighted by Gasteiger charge is 2.11. The van der Waals surface area contributed by atoms with E-state index in [0.29, 0.717) is 20.3 Å². The molecule has 106 valence electrons. The molecule has 0 unspecified atom stereocenters. The van der Waals surface area contributed by atoms with Gasteiger partial charge < -0.3 is 4.98 Å². The van der Waals surface area contributed by atoms with E-state index >= 15 is 0 Å². The number of nitrogens with one attached hydrogen (secondary N) is 2. The monoisotopic (exact) mass is 440 g/mol. The van der Waals surface area contributed by atoms with E-state index in [4.69, 9.17) is 28.0 Å². The highest BCUT2D eigenvalue weighted by molar-refractivity contribution is 9.13. The van der Waals surface area contributed by atoms with E-state index in [1.807, 2.05) is 0 Å². The van der Waals surface area contributed by atoms with Gasteiger partial charge in [0.05, 0.1) is 9.08 Å². The minimum atomic E-state index is -0.388. The van der Waals surface area contributed by atoms with Crippen molar-refractivity contribution in [3.63, 3.8) is 0 Å². The van der Waals surface area contributed by atoms with Crippen LogP contribution in [0.5, 0.6) is 0 Å². The number of hydrogen-bond acceptors (Lipinski definition) is 2. The molecule has 0 aliphatic carbocycles. The highest BCUT2D eigenvalue weighted by atomic mass is 79.9. The number of amides is 1. The molecule has 0 fully saturated rings. The molecule has 0 atom stereocenters. The third-order valence-corrected chi connectivity index (χ3v) is 4.75. The van der Waals surface area contributed by atoms with Gasteiger partial charge >= 0.3 is 0 Å². The van der Waals surface area contributed by atoms with Gasteiger partial charge in [-0.15, -0.1) is 0 Å². The molecule has 1 amide bonds. The van der Waals surface area contributed by atoms with Crippen LogP contribution in [0.2, 0.25) is 10.0 Å². The largest absolute Gasteiger partial charge is 0.344 e. The van der Waals surface area contributed by atoms with Crippen LogP contribution in [0.1, 0.15) is 16.1 Å². The zero-order valence-corrected chi connectivity index (χ0v) is 14.5. The summed E-state index contributed by atoms with van der Waals surface area (Å²) in [5.41, 5.74) is 3.42. The lowest BCUT2D eigenvalue weighted by Gasteiger charge is -2.06. The van der Waals surface area contributed by atoms with Gasteiger partial charge in [-0.05, 0) is 55.6 Å². The van der Waals surface area contributed by atoms with Crippen LogP contribution >= 0.6 is 55.1 Å². The Hall–Kier alpha value is -0.530. The molecular formula is C12H8Br2Cl2N2O2. The minimum absolute atomic E-state index is 0.144. The van der Waals surface area contributed by atoms with Crippen molar-refractivity contribution in [2.45, 2.75) is 6.61 Å². The fourth-order valence-corrected chi connectivity index (χ4v) is 2.52. The molecule has 2 aromatic rings. The van der Waals surface area contributed by atoms with Crippen LogP contribution in [0.3, 0.4) is 0 Å². The van der Waals surface area contributed by atoms with Gasteiger partial charge in [0.25, 0.3) is 5.91 Å². The Morgan fingerprint density at radius 1 is 1.30 bits per heavy atom. The molecular weight excluding hydrogens is 435 g/mol. The summed E-state index contributed by atoms with van der Waals surface area (Å²) in [7, 11) is 0. The van der Waals surface area contributed by atoms with Crippen LogP contribution in [-0.2, 0) is 11.4 Å². The number of halogens is 4. The third-order valence-electron chi connectivity index (χ3n) is 2.38. The second-order valence-corrected chi connectivity index (χ2v) is 6.29. The predicted octanol–water partition coefficient (Wildman–Crippen LogP) is 4.71. The normalized spacial score (nSPS) is 10.6. The van der Waals surface area contributed by atoms with Crippen molar-refractivity contribution in [3.05, 3.63) is 54.6 Å². The molecule has 20 heavy (non-hydrogen) atoms. The van der Waals surface area contributed by atoms with E-state index in [1.54, 1.807) is 24.3 Å². The number of carbonyl (C=O) groups excluding carboxylic acids is 1. The number of H-pyrrole nitrogens is 1. The fourth-order valence-electron chi connectivity index (χ4n) is 1.40. The van der Waals surface area contributed by atoms with Crippen LogP contribution in [0.15, 0.2) is 33.3 Å². The lowest BCUT2D eigenvalue weighted by molar-refractivity contribution is 0.0230. The number of benzene rings is 1. The highest BCUT2D eigenvalue weighted by Crippen LogP contribution is 2.23. The summed E-state index contributed by atoms with van der Waals surface area (Å²) in [6.45, 7) is 0.144. The zero-order chi connectivity index (χ0) is 14.7. The minimum Gasteiger partial charge on any atom is -0.344 e. The molecule has 4 nitrogen and oxygen atoms in total. The predicted molar refractivity (Wildman–Crippen MR) is 84.9 cm³/mol. The van der Waals surface area contributed by atoms with E-state index in [1.165, 1.54) is 0 Å². The molecule has 0 saturated carbocycles. The van der Waals surface area contributed by atoms with Crippen molar-refractivity contribution in [1.29, 1.82) is 0 Å². The first kappa shape index (κ1) is 15.9. The van der Waals surface area contributed by atoms with E-state index in [2.05, 4.69) is 42.3 Å². The van der Waals surface area contributed by atoms with Gasteiger partial charge in [0.15, 0.2) is 0 Å². The number of hydroxylamine groups is 1. The molecule has 1 heterocycles. The summed E-state index contributed by atoms with van der Waals surface area (Å²) in [5.74, 6) is -0.388. The zero-order valence-electron chi connectivity index (χ0n) is 9.84. The Bertz CT molecular complexity index is 627. The van der Waals surface area contributed by atoms with E-state index in [0.717, 1.165) is 10.0 Å². The molecule has 0 radical (unpaired) electrons. The summed E-state index contributed by atoms with van der Waals surface area (Å²) in [4.78, 5) is 19.8. The second kappa shape index (κ2) is 6.95. The summed E-state index contributed by atoms with van der Waals surface area (Å²) in [6, 6.07) is 6.69. The van der Waals surface area contributed by atoms with E-state index < -0.39 is 0 Å². The molecule has 0 saturated heterocycles. The number of hydrogen-bond donors (Lipinski definition) is 2. The quantitative estimate of drug-likeness (QED) is 0.674. The van der Waals surface area contributed by atoms with Gasteiger partial charge in [-0.3, -0.25) is 9.63 Å². The second-order valence-electron chi connectivity index (χ2n) is 3.80. The van der Waals surface area contributed by atoms with Gasteiger partial charge in [0, 0.05) is 10.0 Å². The van der Waals surface area contributed by atoms with Crippen LogP contribution < -0.4 is 5.48 Å². The Labute approximate surface area is 142 Å². The van der Waals surface area contributed by atoms with Crippen LogP contribution in [0.4, 0.5) is 0 Å². The van der Waals surface area contributed by atoms with Crippen molar-refractivity contribution in [3.8, 4) is 0 Å². The molecule has 0 bridgehead atoms. The van der Waals surface area contributed by atoms with Crippen molar-refractivity contribution in [1.82, 2.24) is 10.5 Å². The first-order valence-electron chi connectivity index (χ1n) is 5.37. The van der Waals surface area contributed by atoms with Crippen LogP contribution in [-0.4, -0.2) is 10.9 Å². The maximum Gasteiger partial charge on any atom is 0.291 e. The van der Waals surface area contributed by atoms with Crippen LogP contribution in [0.25, 0.3) is 0 Å². The maximum atomic E-state index is 11.8. The van der Waals surface area contributed by atoms with Crippen molar-refractivity contribution in [2.24, 2.45) is 0 Å². The molecule has 0 spiro atoms. The average Bonchev–Trinajstić information content (AvgIpc) is 2.72. The molecule has 0 aliphatic heterocycles. The fraction of sp³-hybridized carbons (Fsp3) is 0.0833. The molecule has 2 rings (SSSR count). The number of aromatic amines is 1. The smallest absolute Gasteiger partial charge is 0.291 e. The lowest BCUT2D eigenvalue weighted by Crippen LogP contribution is -2.23. The van der Waals surface area contributed by atoms with E-state index in [9.17, 15) is 4.79 Å². The summed E-state index contributed by atoms with van der Waals surface area (Å²) >= 11 is 18.3. The van der Waals surface area contributed by atoms with E-state index in [-0.39, 0.29) is 12.5 Å². The van der Waals surface area contributed by atoms with Gasteiger partial charge in [-0.2, -0.15) is 0 Å². The van der Waals surface area contributed by atoms with Crippen molar-refractivity contribution in [2.75, 3.05) is 0 Å². The van der Waals surface area contributed by atoms with Gasteiger partial charge in [-0.25, -0.2) is 5.48 Å². The Morgan fingerprint density at radius 3 is 2.65 bits per heavy atom. The molecule has 2 N–H and O–H groups in total. The van der Waals surface area contributed by atoms with Gasteiger partial charge in [-0.1, -0.05) is 29.3 Å². The molecule has 8 heteroatoms. The standard InChI is InChI=1S/C12H8Br2Cl2N2O2/c13-8-4-10(17-11(8)14)12(19)18-20-5-6-1-2-7(15)3-9(6)16/h1-4,17H,5H2,(H,18,19). The first-order valence-corrected chi connectivity index (χ1v) is 7.71. The molecule has 0 aliphatic rings. The topological polar surface area (TPSA) is 54.1 Å². The van der Waals surface area contributed by atoms with Crippen molar-refractivity contribution >= 4 is 61.0 Å².